The number of rotatable bonds is 7. The quantitative estimate of drug-likeness (QED) is 0.732. The van der Waals surface area contributed by atoms with E-state index in [-0.39, 0.29) is 12.7 Å². The third kappa shape index (κ3) is 5.57. The highest BCUT2D eigenvalue weighted by Gasteiger charge is 2.28. The van der Waals surface area contributed by atoms with Gasteiger partial charge in [-0.25, -0.2) is 0 Å². The number of aliphatic hydroxyl groups is 1. The average molecular weight is 298 g/mol. The Labute approximate surface area is 128 Å². The standard InChI is InChI=1S/C16H30N2O3/c1-13(2)20-11-14(19)12-21-17-15-7-3-4-8-16(15)18-9-5-6-10-18/h13-14,16,19H,3-12H2,1-2H3. The van der Waals surface area contributed by atoms with E-state index in [2.05, 4.69) is 10.1 Å². The topological polar surface area (TPSA) is 54.3 Å². The molecule has 0 amide bonds. The monoisotopic (exact) mass is 298 g/mol. The van der Waals surface area contributed by atoms with Gasteiger partial charge < -0.3 is 14.7 Å². The Kier molecular flexibility index (Phi) is 6.93. The van der Waals surface area contributed by atoms with Gasteiger partial charge in [-0.2, -0.15) is 0 Å². The lowest BCUT2D eigenvalue weighted by Crippen LogP contribution is -2.41. The first-order chi connectivity index (χ1) is 10.2. The number of nitrogens with zero attached hydrogens (tertiary/aromatic N) is 2. The van der Waals surface area contributed by atoms with Crippen LogP contribution in [0.3, 0.4) is 0 Å². The normalized spacial score (nSPS) is 27.4. The zero-order valence-corrected chi connectivity index (χ0v) is 13.5. The molecule has 0 aromatic carbocycles. The number of likely N-dealkylation sites (tertiary alicyclic amines) is 1. The predicted molar refractivity (Wildman–Crippen MR) is 83.5 cm³/mol. The van der Waals surface area contributed by atoms with Crippen molar-refractivity contribution in [1.29, 1.82) is 0 Å². The van der Waals surface area contributed by atoms with Crippen molar-refractivity contribution in [3.05, 3.63) is 0 Å². The number of oxime groups is 1. The number of ether oxygens (including phenoxy) is 1. The molecule has 1 heterocycles. The molecule has 122 valence electrons. The van der Waals surface area contributed by atoms with Crippen molar-refractivity contribution in [2.75, 3.05) is 26.3 Å². The first-order valence-corrected chi connectivity index (χ1v) is 8.39. The van der Waals surface area contributed by atoms with Gasteiger partial charge in [-0.15, -0.1) is 0 Å². The Morgan fingerprint density at radius 3 is 2.67 bits per heavy atom. The molecule has 2 atom stereocenters. The van der Waals surface area contributed by atoms with E-state index in [1.54, 1.807) is 0 Å². The van der Waals surface area contributed by atoms with Crippen LogP contribution in [0.5, 0.6) is 0 Å². The van der Waals surface area contributed by atoms with Gasteiger partial charge in [0.2, 0.25) is 0 Å². The summed E-state index contributed by atoms with van der Waals surface area (Å²) in [5.41, 5.74) is 1.17. The van der Waals surface area contributed by atoms with E-state index in [1.807, 2.05) is 13.8 Å². The molecule has 1 saturated heterocycles. The van der Waals surface area contributed by atoms with Gasteiger partial charge in [0.15, 0.2) is 0 Å². The van der Waals surface area contributed by atoms with Crippen LogP contribution in [0.15, 0.2) is 5.16 Å². The van der Waals surface area contributed by atoms with Crippen LogP contribution in [0.1, 0.15) is 52.4 Å². The summed E-state index contributed by atoms with van der Waals surface area (Å²) in [7, 11) is 0. The molecule has 0 aromatic rings. The molecule has 1 aliphatic carbocycles. The molecule has 0 radical (unpaired) electrons. The van der Waals surface area contributed by atoms with Gasteiger partial charge in [-0.05, 0) is 59.0 Å². The Balaban J connectivity index is 1.77. The molecule has 0 spiro atoms. The van der Waals surface area contributed by atoms with Crippen molar-refractivity contribution in [2.45, 2.75) is 70.6 Å². The molecule has 0 aromatic heterocycles. The third-order valence-electron chi connectivity index (χ3n) is 4.20. The van der Waals surface area contributed by atoms with Crippen LogP contribution >= 0.6 is 0 Å². The van der Waals surface area contributed by atoms with E-state index in [9.17, 15) is 5.11 Å². The average Bonchev–Trinajstić information content (AvgIpc) is 3.00. The van der Waals surface area contributed by atoms with E-state index in [0.717, 1.165) is 6.42 Å². The van der Waals surface area contributed by atoms with E-state index >= 15 is 0 Å². The molecule has 2 unspecified atom stereocenters. The largest absolute Gasteiger partial charge is 0.393 e. The van der Waals surface area contributed by atoms with Crippen LogP contribution in [0, 0.1) is 0 Å². The fourth-order valence-electron chi connectivity index (χ4n) is 3.09. The first kappa shape index (κ1) is 16.7. The van der Waals surface area contributed by atoms with Gasteiger partial charge in [0.25, 0.3) is 0 Å². The highest BCUT2D eigenvalue weighted by molar-refractivity contribution is 5.89. The molecule has 2 rings (SSSR count). The minimum absolute atomic E-state index is 0.129. The van der Waals surface area contributed by atoms with Gasteiger partial charge in [-0.3, -0.25) is 4.90 Å². The lowest BCUT2D eigenvalue weighted by Gasteiger charge is -2.31. The summed E-state index contributed by atoms with van der Waals surface area (Å²) in [6, 6.07) is 0.463. The maximum absolute atomic E-state index is 9.78. The van der Waals surface area contributed by atoms with Crippen molar-refractivity contribution >= 4 is 5.71 Å². The number of hydrogen-bond donors (Lipinski definition) is 1. The molecule has 1 aliphatic heterocycles. The molecule has 2 fully saturated rings. The van der Waals surface area contributed by atoms with Crippen LogP contribution in [0.2, 0.25) is 0 Å². The summed E-state index contributed by atoms with van der Waals surface area (Å²) in [5, 5.41) is 14.1. The van der Waals surface area contributed by atoms with Gasteiger partial charge in [0, 0.05) is 0 Å². The Bertz CT molecular complexity index is 327. The molecule has 0 bridgehead atoms. The number of aliphatic hydroxyl groups excluding tert-OH is 1. The molecule has 1 saturated carbocycles. The van der Waals surface area contributed by atoms with Crippen molar-refractivity contribution in [3.63, 3.8) is 0 Å². The second kappa shape index (κ2) is 8.71. The molecule has 21 heavy (non-hydrogen) atoms. The van der Waals surface area contributed by atoms with Crippen molar-refractivity contribution in [2.24, 2.45) is 5.16 Å². The van der Waals surface area contributed by atoms with E-state index in [0.29, 0.717) is 12.6 Å². The third-order valence-corrected chi connectivity index (χ3v) is 4.20. The Morgan fingerprint density at radius 2 is 1.95 bits per heavy atom. The summed E-state index contributed by atoms with van der Waals surface area (Å²) in [6.45, 7) is 6.80. The summed E-state index contributed by atoms with van der Waals surface area (Å²) in [4.78, 5) is 7.93. The van der Waals surface area contributed by atoms with Gasteiger partial charge >= 0.3 is 0 Å². The molecule has 5 nitrogen and oxygen atoms in total. The second-order valence-electron chi connectivity index (χ2n) is 6.42. The summed E-state index contributed by atoms with van der Waals surface area (Å²) in [5.74, 6) is 0. The molecule has 2 aliphatic rings. The minimum Gasteiger partial charge on any atom is -0.393 e. The van der Waals surface area contributed by atoms with Crippen molar-refractivity contribution in [3.8, 4) is 0 Å². The summed E-state index contributed by atoms with van der Waals surface area (Å²) >= 11 is 0. The van der Waals surface area contributed by atoms with Gasteiger partial charge in [-0.1, -0.05) is 11.6 Å². The lowest BCUT2D eigenvalue weighted by atomic mass is 9.92. The molecule has 1 N–H and O–H groups in total. The van der Waals surface area contributed by atoms with Crippen LogP contribution < -0.4 is 0 Å². The molecule has 5 heteroatoms. The van der Waals surface area contributed by atoms with Crippen LogP contribution in [0.4, 0.5) is 0 Å². The van der Waals surface area contributed by atoms with Crippen molar-refractivity contribution < 1.29 is 14.7 Å². The van der Waals surface area contributed by atoms with Gasteiger partial charge in [0.1, 0.15) is 12.7 Å². The number of hydrogen-bond acceptors (Lipinski definition) is 5. The molecular weight excluding hydrogens is 268 g/mol. The maximum Gasteiger partial charge on any atom is 0.145 e. The van der Waals surface area contributed by atoms with E-state index in [1.165, 1.54) is 50.9 Å². The van der Waals surface area contributed by atoms with Gasteiger partial charge in [0.05, 0.1) is 24.5 Å². The Morgan fingerprint density at radius 1 is 1.19 bits per heavy atom. The Hall–Kier alpha value is -0.650. The maximum atomic E-state index is 9.78. The zero-order valence-electron chi connectivity index (χ0n) is 13.5. The SMILES string of the molecule is CC(C)OCC(O)CON=C1CCCCC1N1CCCC1. The molecular formula is C16H30N2O3. The second-order valence-corrected chi connectivity index (χ2v) is 6.42. The fourth-order valence-corrected chi connectivity index (χ4v) is 3.09. The minimum atomic E-state index is -0.606. The van der Waals surface area contributed by atoms with Crippen molar-refractivity contribution in [1.82, 2.24) is 4.90 Å². The zero-order chi connectivity index (χ0) is 15.1. The van der Waals surface area contributed by atoms with E-state index in [4.69, 9.17) is 9.57 Å². The van der Waals surface area contributed by atoms with E-state index < -0.39 is 6.10 Å². The summed E-state index contributed by atoms with van der Waals surface area (Å²) < 4.78 is 5.36. The highest BCUT2D eigenvalue weighted by atomic mass is 16.6. The summed E-state index contributed by atoms with van der Waals surface area (Å²) in [6.07, 6.45) is 6.83. The predicted octanol–water partition coefficient (Wildman–Crippen LogP) is 2.18. The fraction of sp³-hybridized carbons (Fsp3) is 0.938. The van der Waals surface area contributed by atoms with Crippen LogP contribution in [-0.4, -0.2) is 60.3 Å². The van der Waals surface area contributed by atoms with Crippen LogP contribution in [-0.2, 0) is 9.57 Å². The highest BCUT2D eigenvalue weighted by Crippen LogP contribution is 2.24. The van der Waals surface area contributed by atoms with Crippen LogP contribution in [0.25, 0.3) is 0 Å². The first-order valence-electron chi connectivity index (χ1n) is 8.39. The lowest BCUT2D eigenvalue weighted by molar-refractivity contribution is -0.0351. The smallest absolute Gasteiger partial charge is 0.145 e.